The molecule has 2 aliphatic heterocycles. The minimum Gasteiger partial charge on any atom is -0.379 e. The fraction of sp³-hybridized carbons (Fsp3) is 0.500. The van der Waals surface area contributed by atoms with Crippen molar-refractivity contribution in [1.29, 1.82) is 0 Å². The van der Waals surface area contributed by atoms with E-state index in [0.29, 0.717) is 33.0 Å². The van der Waals surface area contributed by atoms with Crippen molar-refractivity contribution < 1.29 is 38.2 Å². The number of alkyl halides is 1. The number of piperidine rings is 1. The van der Waals surface area contributed by atoms with Gasteiger partial charge in [-0.2, -0.15) is 0 Å². The zero-order chi connectivity index (χ0) is 24.5. The van der Waals surface area contributed by atoms with Crippen molar-refractivity contribution >= 4 is 51.2 Å². The molecule has 12 heteroatoms. The van der Waals surface area contributed by atoms with Gasteiger partial charge >= 0.3 is 0 Å². The fourth-order valence-electron chi connectivity index (χ4n) is 3.59. The third kappa shape index (κ3) is 6.47. The molecule has 1 fully saturated rings. The maximum Gasteiger partial charge on any atom is 0.264 e. The fourth-order valence-corrected chi connectivity index (χ4v) is 3.82. The molecule has 11 nitrogen and oxygen atoms in total. The van der Waals surface area contributed by atoms with Crippen LogP contribution in [0.15, 0.2) is 18.2 Å². The second-order valence-corrected chi connectivity index (χ2v) is 8.29. The van der Waals surface area contributed by atoms with E-state index in [1.807, 2.05) is 0 Å². The predicted molar refractivity (Wildman–Crippen MR) is 123 cm³/mol. The topological polar surface area (TPSA) is 140 Å². The summed E-state index contributed by atoms with van der Waals surface area (Å²) in [5.41, 5.74) is 0.311. The minimum atomic E-state index is -1.07. The zero-order valence-electron chi connectivity index (χ0n) is 18.5. The molecule has 5 amide bonds. The standard InChI is InChI=1S/C22H26BrN3O8/c23-7-9-33-11-13-34-12-10-32-8-6-18(28)24-15-3-1-2-14-19(15)22(31)26(21(14)30)16-4-5-17(27)25-20(16)29/h1-3,16H,4-13H2,(H,24,28)(H,25,27,29). The Labute approximate surface area is 204 Å². The van der Waals surface area contributed by atoms with E-state index in [1.54, 1.807) is 6.07 Å². The number of rotatable bonds is 13. The number of imide groups is 2. The third-order valence-electron chi connectivity index (χ3n) is 5.18. The van der Waals surface area contributed by atoms with Crippen molar-refractivity contribution in [3.05, 3.63) is 29.3 Å². The second-order valence-electron chi connectivity index (χ2n) is 7.50. The van der Waals surface area contributed by atoms with Gasteiger partial charge in [-0.15, -0.1) is 0 Å². The van der Waals surface area contributed by atoms with E-state index >= 15 is 0 Å². The van der Waals surface area contributed by atoms with Crippen LogP contribution >= 0.6 is 15.9 Å². The molecule has 1 atom stereocenters. The molecule has 184 valence electrons. The lowest BCUT2D eigenvalue weighted by Gasteiger charge is -2.27. The van der Waals surface area contributed by atoms with E-state index in [9.17, 15) is 24.0 Å². The van der Waals surface area contributed by atoms with Crippen LogP contribution in [0.25, 0.3) is 0 Å². The molecule has 0 aliphatic carbocycles. The molecule has 0 saturated carbocycles. The second kappa shape index (κ2) is 12.7. The molecule has 1 aromatic carbocycles. The van der Waals surface area contributed by atoms with Crippen LogP contribution in [0.5, 0.6) is 0 Å². The number of carbonyl (C=O) groups is 5. The van der Waals surface area contributed by atoms with E-state index < -0.39 is 35.6 Å². The van der Waals surface area contributed by atoms with Gasteiger partial charge in [0.15, 0.2) is 0 Å². The van der Waals surface area contributed by atoms with E-state index in [4.69, 9.17) is 14.2 Å². The smallest absolute Gasteiger partial charge is 0.264 e. The van der Waals surface area contributed by atoms with Crippen molar-refractivity contribution in [2.75, 3.05) is 50.3 Å². The Hall–Kier alpha value is -2.67. The highest BCUT2D eigenvalue weighted by Crippen LogP contribution is 2.32. The van der Waals surface area contributed by atoms with Gasteiger partial charge in [-0.05, 0) is 18.6 Å². The van der Waals surface area contributed by atoms with Gasteiger partial charge in [0.05, 0.1) is 62.9 Å². The van der Waals surface area contributed by atoms with Crippen molar-refractivity contribution in [3.63, 3.8) is 0 Å². The molecule has 1 aromatic rings. The van der Waals surface area contributed by atoms with Crippen molar-refractivity contribution in [2.24, 2.45) is 0 Å². The summed E-state index contributed by atoms with van der Waals surface area (Å²) in [6.07, 6.45) is 0.128. The molecule has 1 saturated heterocycles. The maximum absolute atomic E-state index is 13.0. The highest BCUT2D eigenvalue weighted by atomic mass is 79.9. The summed E-state index contributed by atoms with van der Waals surface area (Å²) in [4.78, 5) is 62.7. The predicted octanol–water partition coefficient (Wildman–Crippen LogP) is 0.861. The largest absolute Gasteiger partial charge is 0.379 e. The minimum absolute atomic E-state index is 0.0296. The van der Waals surface area contributed by atoms with Crippen molar-refractivity contribution in [3.8, 4) is 0 Å². The van der Waals surface area contributed by atoms with Gasteiger partial charge < -0.3 is 19.5 Å². The highest BCUT2D eigenvalue weighted by molar-refractivity contribution is 9.09. The van der Waals surface area contributed by atoms with Gasteiger partial charge in [-0.1, -0.05) is 22.0 Å². The Bertz CT molecular complexity index is 954. The lowest BCUT2D eigenvalue weighted by atomic mass is 10.0. The quantitative estimate of drug-likeness (QED) is 0.213. The van der Waals surface area contributed by atoms with E-state index in [2.05, 4.69) is 26.6 Å². The normalized spacial score (nSPS) is 17.7. The zero-order valence-corrected chi connectivity index (χ0v) is 20.1. The number of anilines is 1. The summed E-state index contributed by atoms with van der Waals surface area (Å²) in [6, 6.07) is 3.46. The first-order valence-electron chi connectivity index (χ1n) is 10.9. The first-order chi connectivity index (χ1) is 16.4. The summed E-state index contributed by atoms with van der Waals surface area (Å²) >= 11 is 3.26. The number of amides is 5. The van der Waals surface area contributed by atoms with Crippen LogP contribution in [0.4, 0.5) is 5.69 Å². The number of halogens is 1. The average Bonchev–Trinajstić information content (AvgIpc) is 3.06. The van der Waals surface area contributed by atoms with Gasteiger partial charge in [0.1, 0.15) is 6.04 Å². The first kappa shape index (κ1) is 25.9. The first-order valence-corrected chi connectivity index (χ1v) is 12.0. The van der Waals surface area contributed by atoms with Crippen molar-refractivity contribution in [2.45, 2.75) is 25.3 Å². The Morgan fingerprint density at radius 3 is 2.35 bits per heavy atom. The maximum atomic E-state index is 13.0. The summed E-state index contributed by atoms with van der Waals surface area (Å²) in [5, 5.41) is 5.56. The lowest BCUT2D eigenvalue weighted by molar-refractivity contribution is -0.136. The lowest BCUT2D eigenvalue weighted by Crippen LogP contribution is -2.54. The third-order valence-corrected chi connectivity index (χ3v) is 5.50. The molecule has 2 aliphatic rings. The van der Waals surface area contributed by atoms with E-state index in [-0.39, 0.29) is 42.7 Å². The number of ether oxygens (including phenoxy) is 3. The van der Waals surface area contributed by atoms with Crippen LogP contribution in [-0.4, -0.2) is 85.4 Å². The number of nitrogens with zero attached hydrogens (tertiary/aromatic N) is 1. The molecular weight excluding hydrogens is 514 g/mol. The summed E-state index contributed by atoms with van der Waals surface area (Å²) in [6.45, 7) is 2.42. The molecule has 0 bridgehead atoms. The summed E-state index contributed by atoms with van der Waals surface area (Å²) < 4.78 is 16.0. The monoisotopic (exact) mass is 539 g/mol. The molecule has 0 spiro atoms. The number of fused-ring (bicyclic) bond motifs is 1. The van der Waals surface area contributed by atoms with Crippen LogP contribution in [0, 0.1) is 0 Å². The molecule has 2 N–H and O–H groups in total. The Kier molecular flexibility index (Phi) is 9.69. The number of benzene rings is 1. The van der Waals surface area contributed by atoms with Crippen LogP contribution in [0.3, 0.4) is 0 Å². The van der Waals surface area contributed by atoms with Crippen molar-refractivity contribution in [1.82, 2.24) is 10.2 Å². The SMILES string of the molecule is O=C1CCC(N2C(=O)c3cccc(NC(=O)CCOCCOCCOCCBr)c3C2=O)C(=O)N1. The Morgan fingerprint density at radius 2 is 1.68 bits per heavy atom. The number of carbonyl (C=O) groups excluding carboxylic acids is 5. The summed E-state index contributed by atoms with van der Waals surface area (Å²) in [5.74, 6) is -2.84. The molecule has 34 heavy (non-hydrogen) atoms. The van der Waals surface area contributed by atoms with Gasteiger partial charge in [-0.25, -0.2) is 0 Å². The number of hydrogen-bond donors (Lipinski definition) is 2. The van der Waals surface area contributed by atoms with Crippen LogP contribution in [-0.2, 0) is 28.6 Å². The molecule has 2 heterocycles. The number of nitrogens with one attached hydrogen (secondary N) is 2. The molecular formula is C22H26BrN3O8. The molecule has 0 radical (unpaired) electrons. The van der Waals surface area contributed by atoms with Gasteiger partial charge in [0, 0.05) is 11.8 Å². The average molecular weight is 540 g/mol. The van der Waals surface area contributed by atoms with Crippen LogP contribution < -0.4 is 10.6 Å². The number of hydrogen-bond acceptors (Lipinski definition) is 8. The van der Waals surface area contributed by atoms with Crippen LogP contribution in [0.2, 0.25) is 0 Å². The van der Waals surface area contributed by atoms with Gasteiger partial charge in [0.25, 0.3) is 11.8 Å². The van der Waals surface area contributed by atoms with E-state index in [0.717, 1.165) is 10.2 Å². The Balaban J connectivity index is 1.48. The van der Waals surface area contributed by atoms with E-state index in [1.165, 1.54) is 12.1 Å². The summed E-state index contributed by atoms with van der Waals surface area (Å²) in [7, 11) is 0. The Morgan fingerprint density at radius 1 is 1.00 bits per heavy atom. The molecule has 1 unspecified atom stereocenters. The highest BCUT2D eigenvalue weighted by Gasteiger charge is 2.45. The molecule has 3 rings (SSSR count). The van der Waals surface area contributed by atoms with Gasteiger partial charge in [0.2, 0.25) is 17.7 Å². The molecule has 0 aromatic heterocycles. The van der Waals surface area contributed by atoms with Gasteiger partial charge in [-0.3, -0.25) is 34.2 Å². The van der Waals surface area contributed by atoms with Crippen LogP contribution in [0.1, 0.15) is 40.0 Å².